The Morgan fingerprint density at radius 3 is 2.79 bits per heavy atom. The zero-order chi connectivity index (χ0) is 9.97. The highest BCUT2D eigenvalue weighted by Gasteiger charge is 2.33. The lowest BCUT2D eigenvalue weighted by Gasteiger charge is -2.44. The van der Waals surface area contributed by atoms with E-state index in [1.165, 1.54) is 45.2 Å². The number of nitrogens with zero attached hydrogens (tertiary/aromatic N) is 1. The van der Waals surface area contributed by atoms with Crippen LogP contribution in [0.4, 0.5) is 0 Å². The monoisotopic (exact) mass is 196 g/mol. The number of rotatable bonds is 1. The van der Waals surface area contributed by atoms with Crippen LogP contribution in [-0.2, 0) is 4.79 Å². The van der Waals surface area contributed by atoms with Gasteiger partial charge in [0.15, 0.2) is 0 Å². The van der Waals surface area contributed by atoms with Gasteiger partial charge in [0.1, 0.15) is 0 Å². The molecule has 3 nitrogen and oxygen atoms in total. The summed E-state index contributed by atoms with van der Waals surface area (Å²) in [6.45, 7) is 4.10. The lowest BCUT2D eigenvalue weighted by molar-refractivity contribution is -0.120. The maximum Gasteiger partial charge on any atom is 0.217 e. The Kier molecular flexibility index (Phi) is 3.06. The number of hydrogen-bond acceptors (Lipinski definition) is 2. The quantitative estimate of drug-likeness (QED) is 0.682. The Hall–Kier alpha value is -0.570. The summed E-state index contributed by atoms with van der Waals surface area (Å²) in [5, 5.41) is 3.10. The minimum atomic E-state index is 0.127. The zero-order valence-corrected chi connectivity index (χ0v) is 8.96. The van der Waals surface area contributed by atoms with Crippen molar-refractivity contribution in [3.05, 3.63) is 0 Å². The van der Waals surface area contributed by atoms with Gasteiger partial charge in [0, 0.05) is 19.0 Å². The van der Waals surface area contributed by atoms with Crippen molar-refractivity contribution in [3.8, 4) is 0 Å². The van der Waals surface area contributed by atoms with Gasteiger partial charge in [-0.1, -0.05) is 6.42 Å². The van der Waals surface area contributed by atoms with Gasteiger partial charge in [-0.3, -0.25) is 9.69 Å². The highest BCUT2D eigenvalue weighted by Crippen LogP contribution is 2.26. The van der Waals surface area contributed by atoms with Crippen LogP contribution in [-0.4, -0.2) is 36.0 Å². The van der Waals surface area contributed by atoms with Crippen molar-refractivity contribution in [1.82, 2.24) is 10.2 Å². The number of carbonyl (C=O) groups is 1. The van der Waals surface area contributed by atoms with Crippen LogP contribution in [0.25, 0.3) is 0 Å². The van der Waals surface area contributed by atoms with Gasteiger partial charge in [-0.2, -0.15) is 0 Å². The van der Waals surface area contributed by atoms with E-state index in [2.05, 4.69) is 10.2 Å². The van der Waals surface area contributed by atoms with Crippen LogP contribution >= 0.6 is 0 Å². The molecule has 1 N–H and O–H groups in total. The van der Waals surface area contributed by atoms with Crippen LogP contribution in [0.1, 0.15) is 39.0 Å². The summed E-state index contributed by atoms with van der Waals surface area (Å²) < 4.78 is 0. The third kappa shape index (κ3) is 2.08. The van der Waals surface area contributed by atoms with E-state index in [-0.39, 0.29) is 5.91 Å². The largest absolute Gasteiger partial charge is 0.352 e. The molecule has 14 heavy (non-hydrogen) atoms. The molecule has 80 valence electrons. The molecule has 0 radical (unpaired) electrons. The average Bonchev–Trinajstić information content (AvgIpc) is 2.18. The van der Waals surface area contributed by atoms with E-state index >= 15 is 0 Å². The highest BCUT2D eigenvalue weighted by molar-refractivity contribution is 5.73. The second kappa shape index (κ2) is 4.30. The summed E-state index contributed by atoms with van der Waals surface area (Å²) in [6.07, 6.45) is 6.34. The maximum absolute atomic E-state index is 11.1. The van der Waals surface area contributed by atoms with Crippen LogP contribution in [0.5, 0.6) is 0 Å². The van der Waals surface area contributed by atoms with Gasteiger partial charge in [0.25, 0.3) is 0 Å². The molecule has 2 atom stereocenters. The third-order valence-electron chi connectivity index (χ3n) is 3.48. The molecule has 0 spiro atoms. The Morgan fingerprint density at radius 2 is 2.00 bits per heavy atom. The molecule has 3 heteroatoms. The molecule has 0 saturated carbocycles. The first-order valence-corrected chi connectivity index (χ1v) is 5.78. The van der Waals surface area contributed by atoms with E-state index in [4.69, 9.17) is 0 Å². The van der Waals surface area contributed by atoms with Gasteiger partial charge >= 0.3 is 0 Å². The standard InChI is InChI=1S/C11H20N2O/c1-9(14)12-10-5-4-8-13-7-3-2-6-11(10)13/h10-11H,2-8H2,1H3,(H,12,14)/t10-,11-/m0/s1. The summed E-state index contributed by atoms with van der Waals surface area (Å²) in [5.74, 6) is 0.127. The second-order valence-electron chi connectivity index (χ2n) is 4.55. The lowest BCUT2D eigenvalue weighted by Crippen LogP contribution is -2.56. The van der Waals surface area contributed by atoms with Gasteiger partial charge in [-0.25, -0.2) is 0 Å². The first-order valence-electron chi connectivity index (χ1n) is 5.78. The van der Waals surface area contributed by atoms with Gasteiger partial charge < -0.3 is 5.32 Å². The smallest absolute Gasteiger partial charge is 0.217 e. The number of piperidine rings is 2. The topological polar surface area (TPSA) is 32.3 Å². The van der Waals surface area contributed by atoms with E-state index in [0.717, 1.165) is 0 Å². The highest BCUT2D eigenvalue weighted by atomic mass is 16.1. The molecule has 2 heterocycles. The Balaban J connectivity index is 1.97. The number of fused-ring (bicyclic) bond motifs is 1. The van der Waals surface area contributed by atoms with Gasteiger partial charge in [-0.15, -0.1) is 0 Å². The van der Waals surface area contributed by atoms with Crippen molar-refractivity contribution in [2.24, 2.45) is 0 Å². The van der Waals surface area contributed by atoms with Crippen molar-refractivity contribution >= 4 is 5.91 Å². The van der Waals surface area contributed by atoms with E-state index < -0.39 is 0 Å². The lowest BCUT2D eigenvalue weighted by atomic mass is 9.89. The van der Waals surface area contributed by atoms with E-state index in [1.54, 1.807) is 6.92 Å². The summed E-state index contributed by atoms with van der Waals surface area (Å²) >= 11 is 0. The van der Waals surface area contributed by atoms with Crippen LogP contribution < -0.4 is 5.32 Å². The molecule has 2 fully saturated rings. The fraction of sp³-hybridized carbons (Fsp3) is 0.909. The van der Waals surface area contributed by atoms with Crippen molar-refractivity contribution in [3.63, 3.8) is 0 Å². The molecule has 2 aliphatic heterocycles. The summed E-state index contributed by atoms with van der Waals surface area (Å²) in [4.78, 5) is 13.6. The molecule has 0 aromatic carbocycles. The molecule has 0 aromatic rings. The molecule has 0 aromatic heterocycles. The Bertz CT molecular complexity index is 215. The third-order valence-corrected chi connectivity index (χ3v) is 3.48. The number of hydrogen-bond donors (Lipinski definition) is 1. The van der Waals surface area contributed by atoms with Crippen molar-refractivity contribution in [2.75, 3.05) is 13.1 Å². The summed E-state index contributed by atoms with van der Waals surface area (Å²) in [5.41, 5.74) is 0. The first kappa shape index (κ1) is 9.97. The fourth-order valence-corrected chi connectivity index (χ4v) is 2.89. The molecule has 0 bridgehead atoms. The maximum atomic E-state index is 11.1. The molecular weight excluding hydrogens is 176 g/mol. The molecule has 2 aliphatic rings. The van der Waals surface area contributed by atoms with Crippen molar-refractivity contribution < 1.29 is 4.79 Å². The molecular formula is C11H20N2O. The van der Waals surface area contributed by atoms with Gasteiger partial charge in [-0.05, 0) is 38.8 Å². The van der Waals surface area contributed by atoms with Crippen molar-refractivity contribution in [2.45, 2.75) is 51.1 Å². The van der Waals surface area contributed by atoms with E-state index in [9.17, 15) is 4.79 Å². The van der Waals surface area contributed by atoms with E-state index in [0.29, 0.717) is 12.1 Å². The zero-order valence-electron chi connectivity index (χ0n) is 8.96. The second-order valence-corrected chi connectivity index (χ2v) is 4.55. The Morgan fingerprint density at radius 1 is 1.21 bits per heavy atom. The number of nitrogens with one attached hydrogen (secondary N) is 1. The molecule has 2 saturated heterocycles. The average molecular weight is 196 g/mol. The summed E-state index contributed by atoms with van der Waals surface area (Å²) in [7, 11) is 0. The molecule has 0 aliphatic carbocycles. The predicted octanol–water partition coefficient (Wildman–Crippen LogP) is 1.14. The Labute approximate surface area is 85.8 Å². The van der Waals surface area contributed by atoms with Crippen LogP contribution in [0.3, 0.4) is 0 Å². The van der Waals surface area contributed by atoms with Crippen LogP contribution in [0.2, 0.25) is 0 Å². The minimum absolute atomic E-state index is 0.127. The molecule has 0 unspecified atom stereocenters. The van der Waals surface area contributed by atoms with E-state index in [1.807, 2.05) is 0 Å². The van der Waals surface area contributed by atoms with Crippen LogP contribution in [0.15, 0.2) is 0 Å². The molecule has 2 rings (SSSR count). The minimum Gasteiger partial charge on any atom is -0.352 e. The van der Waals surface area contributed by atoms with Crippen LogP contribution in [0, 0.1) is 0 Å². The van der Waals surface area contributed by atoms with Crippen molar-refractivity contribution in [1.29, 1.82) is 0 Å². The number of carbonyl (C=O) groups excluding carboxylic acids is 1. The van der Waals surface area contributed by atoms with Gasteiger partial charge in [0.05, 0.1) is 0 Å². The first-order chi connectivity index (χ1) is 6.77. The summed E-state index contributed by atoms with van der Waals surface area (Å²) in [6, 6.07) is 1.04. The SMILES string of the molecule is CC(=O)N[C@H]1CCCN2CCCC[C@@H]12. The fourth-order valence-electron chi connectivity index (χ4n) is 2.89. The predicted molar refractivity (Wildman–Crippen MR) is 56.1 cm³/mol. The normalized spacial score (nSPS) is 33.5. The number of amides is 1. The van der Waals surface area contributed by atoms with Gasteiger partial charge in [0.2, 0.25) is 5.91 Å². The molecule has 1 amide bonds.